The van der Waals surface area contributed by atoms with Gasteiger partial charge in [0.2, 0.25) is 5.95 Å². The van der Waals surface area contributed by atoms with Crippen LogP contribution in [-0.2, 0) is 21.4 Å². The van der Waals surface area contributed by atoms with Crippen LogP contribution in [0.4, 0.5) is 5.95 Å². The van der Waals surface area contributed by atoms with Crippen LogP contribution in [0.15, 0.2) is 6.33 Å². The highest BCUT2D eigenvalue weighted by Crippen LogP contribution is 1.97. The Morgan fingerprint density at radius 1 is 1.62 bits per heavy atom. The van der Waals surface area contributed by atoms with Gasteiger partial charge in [0.25, 0.3) is 0 Å². The van der Waals surface area contributed by atoms with E-state index >= 15 is 0 Å². The van der Waals surface area contributed by atoms with Crippen molar-refractivity contribution >= 4 is 17.8 Å². The van der Waals surface area contributed by atoms with E-state index in [0.717, 1.165) is 7.11 Å². The number of aryl methyl sites for hydroxylation is 1. The van der Waals surface area contributed by atoms with E-state index in [-0.39, 0.29) is 5.95 Å². The molecule has 1 aromatic heterocycles. The molecule has 0 aliphatic carbocycles. The van der Waals surface area contributed by atoms with Gasteiger partial charge in [-0.2, -0.15) is 0 Å². The minimum absolute atomic E-state index is 0.190. The quantitative estimate of drug-likeness (QED) is 0.443. The molecular weight excluding hydrogens is 176 g/mol. The second-order valence-corrected chi connectivity index (χ2v) is 2.21. The molecule has 7 heteroatoms. The van der Waals surface area contributed by atoms with Gasteiger partial charge in [0.1, 0.15) is 6.33 Å². The van der Waals surface area contributed by atoms with Crippen LogP contribution < -0.4 is 5.32 Å². The molecule has 0 radical (unpaired) electrons. The Morgan fingerprint density at radius 2 is 2.31 bits per heavy atom. The lowest BCUT2D eigenvalue weighted by Crippen LogP contribution is -2.25. The number of ether oxygens (including phenoxy) is 1. The highest BCUT2D eigenvalue weighted by Gasteiger charge is 2.15. The van der Waals surface area contributed by atoms with E-state index in [0.29, 0.717) is 0 Å². The van der Waals surface area contributed by atoms with Crippen molar-refractivity contribution in [3.8, 4) is 0 Å². The van der Waals surface area contributed by atoms with Crippen LogP contribution in [0.5, 0.6) is 0 Å². The maximum Gasteiger partial charge on any atom is 0.396 e. The number of esters is 1. The Morgan fingerprint density at radius 3 is 2.77 bits per heavy atom. The molecule has 0 unspecified atom stereocenters. The number of hydrogen-bond acceptors (Lipinski definition) is 5. The number of rotatable bonds is 1. The van der Waals surface area contributed by atoms with E-state index in [1.807, 2.05) is 0 Å². The summed E-state index contributed by atoms with van der Waals surface area (Å²) in [5.41, 5.74) is 0. The highest BCUT2D eigenvalue weighted by atomic mass is 16.5. The number of hydrogen-bond donors (Lipinski definition) is 1. The summed E-state index contributed by atoms with van der Waals surface area (Å²) in [7, 11) is 2.76. The molecule has 0 spiro atoms. The van der Waals surface area contributed by atoms with Crippen LogP contribution in [0.3, 0.4) is 0 Å². The van der Waals surface area contributed by atoms with Crippen LogP contribution in [0.25, 0.3) is 0 Å². The molecule has 0 aromatic carbocycles. The summed E-state index contributed by atoms with van der Waals surface area (Å²) in [5, 5.41) is 9.27. The fraction of sp³-hybridized carbons (Fsp3) is 0.333. The van der Waals surface area contributed by atoms with Crippen LogP contribution in [0.2, 0.25) is 0 Å². The molecule has 0 bridgehead atoms. The van der Waals surface area contributed by atoms with E-state index < -0.39 is 11.9 Å². The number of carbonyl (C=O) groups is 2. The third-order valence-electron chi connectivity index (χ3n) is 1.31. The molecule has 0 aliphatic heterocycles. The Kier molecular flexibility index (Phi) is 2.58. The van der Waals surface area contributed by atoms with Crippen molar-refractivity contribution in [2.75, 3.05) is 12.4 Å². The minimum Gasteiger partial charge on any atom is -0.462 e. The number of anilines is 1. The van der Waals surface area contributed by atoms with E-state index in [9.17, 15) is 9.59 Å². The summed E-state index contributed by atoms with van der Waals surface area (Å²) in [6, 6.07) is 0. The van der Waals surface area contributed by atoms with Crippen LogP contribution in [0.1, 0.15) is 0 Å². The summed E-state index contributed by atoms with van der Waals surface area (Å²) in [5.74, 6) is -1.66. The fourth-order valence-corrected chi connectivity index (χ4v) is 0.642. The Labute approximate surface area is 73.7 Å². The normalized spacial score (nSPS) is 9.38. The van der Waals surface area contributed by atoms with E-state index in [4.69, 9.17) is 0 Å². The van der Waals surface area contributed by atoms with Gasteiger partial charge in [0.15, 0.2) is 0 Å². The van der Waals surface area contributed by atoms with Gasteiger partial charge < -0.3 is 9.30 Å². The lowest BCUT2D eigenvalue weighted by atomic mass is 10.6. The Hall–Kier alpha value is -1.92. The largest absolute Gasteiger partial charge is 0.462 e. The first-order valence-corrected chi connectivity index (χ1v) is 3.38. The number of amides is 1. The Balaban J connectivity index is 2.65. The maximum absolute atomic E-state index is 10.9. The van der Waals surface area contributed by atoms with Gasteiger partial charge >= 0.3 is 11.9 Å². The summed E-state index contributed by atoms with van der Waals surface area (Å²) in [4.78, 5) is 21.6. The van der Waals surface area contributed by atoms with E-state index in [1.54, 1.807) is 7.05 Å². The zero-order chi connectivity index (χ0) is 9.84. The van der Waals surface area contributed by atoms with E-state index in [2.05, 4.69) is 20.3 Å². The topological polar surface area (TPSA) is 86.1 Å². The number of methoxy groups -OCH3 is 1. The lowest BCUT2D eigenvalue weighted by molar-refractivity contribution is -0.150. The van der Waals surface area contributed by atoms with Gasteiger partial charge in [-0.3, -0.25) is 10.1 Å². The molecule has 0 aliphatic rings. The molecule has 0 atom stereocenters. The van der Waals surface area contributed by atoms with Crippen molar-refractivity contribution in [3.05, 3.63) is 6.33 Å². The average molecular weight is 184 g/mol. The number of aromatic nitrogens is 3. The van der Waals surface area contributed by atoms with E-state index in [1.165, 1.54) is 10.9 Å². The summed E-state index contributed by atoms with van der Waals surface area (Å²) in [6.45, 7) is 0. The predicted octanol–water partition coefficient (Wildman–Crippen LogP) is -1.07. The van der Waals surface area contributed by atoms with Crippen molar-refractivity contribution < 1.29 is 14.3 Å². The van der Waals surface area contributed by atoms with Crippen LogP contribution >= 0.6 is 0 Å². The SMILES string of the molecule is COC(=O)C(=O)Nc1nncn1C. The molecule has 7 nitrogen and oxygen atoms in total. The summed E-state index contributed by atoms with van der Waals surface area (Å²) >= 11 is 0. The third-order valence-corrected chi connectivity index (χ3v) is 1.31. The first-order chi connectivity index (χ1) is 6.15. The average Bonchev–Trinajstić information content (AvgIpc) is 2.50. The standard InChI is InChI=1S/C6H8N4O3/c1-10-3-7-9-6(10)8-4(11)5(12)13-2/h3H,1-2H3,(H,8,9,11). The molecule has 1 rings (SSSR count). The first kappa shape index (κ1) is 9.17. The smallest absolute Gasteiger partial charge is 0.396 e. The van der Waals surface area contributed by atoms with Crippen molar-refractivity contribution in [1.82, 2.24) is 14.8 Å². The van der Waals surface area contributed by atoms with Gasteiger partial charge in [0.05, 0.1) is 7.11 Å². The molecule has 70 valence electrons. The number of nitrogens with zero attached hydrogens (tertiary/aromatic N) is 3. The van der Waals surface area contributed by atoms with Crippen molar-refractivity contribution in [3.63, 3.8) is 0 Å². The molecular formula is C6H8N4O3. The molecule has 1 aromatic rings. The first-order valence-electron chi connectivity index (χ1n) is 3.38. The lowest BCUT2D eigenvalue weighted by Gasteiger charge is -2.00. The van der Waals surface area contributed by atoms with Crippen LogP contribution in [0, 0.1) is 0 Å². The number of carbonyl (C=O) groups excluding carboxylic acids is 2. The maximum atomic E-state index is 10.9. The monoisotopic (exact) mass is 184 g/mol. The van der Waals surface area contributed by atoms with Gasteiger partial charge in [0, 0.05) is 7.05 Å². The van der Waals surface area contributed by atoms with Crippen molar-refractivity contribution in [2.45, 2.75) is 0 Å². The second-order valence-electron chi connectivity index (χ2n) is 2.21. The highest BCUT2D eigenvalue weighted by molar-refractivity contribution is 6.37. The molecule has 1 heterocycles. The van der Waals surface area contributed by atoms with Gasteiger partial charge in [-0.1, -0.05) is 0 Å². The minimum atomic E-state index is -0.969. The third kappa shape index (κ3) is 2.01. The second kappa shape index (κ2) is 3.65. The van der Waals surface area contributed by atoms with Crippen molar-refractivity contribution in [1.29, 1.82) is 0 Å². The Bertz CT molecular complexity index is 332. The summed E-state index contributed by atoms with van der Waals surface area (Å²) < 4.78 is 5.65. The molecule has 0 saturated heterocycles. The molecule has 1 N–H and O–H groups in total. The predicted molar refractivity (Wildman–Crippen MR) is 41.6 cm³/mol. The zero-order valence-corrected chi connectivity index (χ0v) is 7.14. The van der Waals surface area contributed by atoms with Crippen molar-refractivity contribution in [2.24, 2.45) is 7.05 Å². The van der Waals surface area contributed by atoms with Gasteiger partial charge in [-0.15, -0.1) is 10.2 Å². The van der Waals surface area contributed by atoms with Gasteiger partial charge in [-0.05, 0) is 0 Å². The fourth-order valence-electron chi connectivity index (χ4n) is 0.642. The molecule has 0 fully saturated rings. The van der Waals surface area contributed by atoms with Gasteiger partial charge in [-0.25, -0.2) is 4.79 Å². The molecule has 13 heavy (non-hydrogen) atoms. The zero-order valence-electron chi connectivity index (χ0n) is 7.14. The summed E-state index contributed by atoms with van der Waals surface area (Å²) in [6.07, 6.45) is 1.40. The molecule has 1 amide bonds. The number of nitrogens with one attached hydrogen (secondary N) is 1. The molecule has 0 saturated carbocycles. The van der Waals surface area contributed by atoms with Crippen LogP contribution in [-0.4, -0.2) is 33.8 Å².